The van der Waals surface area contributed by atoms with Crippen LogP contribution in [-0.2, 0) is 24.2 Å². The molecule has 2 aromatic carbocycles. The molecule has 0 bridgehead atoms. The van der Waals surface area contributed by atoms with E-state index in [1.165, 1.54) is 22.2 Å². The number of aromatic amines is 1. The highest BCUT2D eigenvalue weighted by Gasteiger charge is 2.24. The number of nitrogens with one attached hydrogen (secondary N) is 1. The fourth-order valence-electron chi connectivity index (χ4n) is 3.52. The topological polar surface area (TPSA) is 36.1 Å². The van der Waals surface area contributed by atoms with Crippen LogP contribution in [0.4, 0.5) is 0 Å². The molecule has 3 nitrogen and oxygen atoms in total. The summed E-state index contributed by atoms with van der Waals surface area (Å²) in [5.74, 6) is 0.189. The van der Waals surface area contributed by atoms with E-state index < -0.39 is 0 Å². The highest BCUT2D eigenvalue weighted by atomic mass is 35.5. The summed E-state index contributed by atoms with van der Waals surface area (Å²) in [6.45, 7) is 3.48. The number of hydrogen-bond donors (Lipinski definition) is 1. The van der Waals surface area contributed by atoms with Crippen molar-refractivity contribution < 1.29 is 4.79 Å². The zero-order valence-corrected chi connectivity index (χ0v) is 14.4. The molecule has 0 atom stereocenters. The van der Waals surface area contributed by atoms with Crippen molar-refractivity contribution in [2.45, 2.75) is 26.3 Å². The van der Waals surface area contributed by atoms with Crippen LogP contribution in [-0.4, -0.2) is 22.3 Å². The Bertz CT molecular complexity index is 929. The number of aryl methyl sites for hydroxylation is 1. The Kier molecular flexibility index (Phi) is 3.81. The van der Waals surface area contributed by atoms with Crippen LogP contribution in [0.25, 0.3) is 10.9 Å². The molecule has 0 saturated carbocycles. The predicted molar refractivity (Wildman–Crippen MR) is 97.3 cm³/mol. The lowest BCUT2D eigenvalue weighted by Gasteiger charge is -2.27. The monoisotopic (exact) mass is 338 g/mol. The summed E-state index contributed by atoms with van der Waals surface area (Å²) in [7, 11) is 0. The molecule has 0 aliphatic carbocycles. The Hall–Kier alpha value is -2.26. The first-order chi connectivity index (χ1) is 11.6. The lowest BCUT2D eigenvalue weighted by atomic mass is 10.0. The van der Waals surface area contributed by atoms with Crippen molar-refractivity contribution in [3.05, 3.63) is 69.9 Å². The van der Waals surface area contributed by atoms with E-state index in [0.717, 1.165) is 29.1 Å². The lowest BCUT2D eigenvalue weighted by Crippen LogP contribution is -2.36. The molecular weight excluding hydrogens is 320 g/mol. The van der Waals surface area contributed by atoms with Gasteiger partial charge in [-0.25, -0.2) is 0 Å². The van der Waals surface area contributed by atoms with Gasteiger partial charge in [0.2, 0.25) is 5.91 Å². The fourth-order valence-corrected chi connectivity index (χ4v) is 3.69. The van der Waals surface area contributed by atoms with Gasteiger partial charge in [-0.15, -0.1) is 0 Å². The number of carbonyl (C=O) groups is 1. The summed E-state index contributed by atoms with van der Waals surface area (Å²) in [5.41, 5.74) is 5.78. The maximum atomic E-state index is 12.7. The maximum absolute atomic E-state index is 12.7. The summed E-state index contributed by atoms with van der Waals surface area (Å²) in [6, 6.07) is 14.1. The van der Waals surface area contributed by atoms with Gasteiger partial charge in [-0.05, 0) is 24.6 Å². The lowest BCUT2D eigenvalue weighted by molar-refractivity contribution is -0.131. The van der Waals surface area contributed by atoms with Crippen LogP contribution < -0.4 is 0 Å². The van der Waals surface area contributed by atoms with E-state index in [-0.39, 0.29) is 5.91 Å². The Morgan fingerprint density at radius 2 is 2.12 bits per heavy atom. The van der Waals surface area contributed by atoms with Gasteiger partial charge in [0.05, 0.1) is 6.42 Å². The highest BCUT2D eigenvalue weighted by molar-refractivity contribution is 6.31. The molecule has 1 amide bonds. The molecule has 4 rings (SSSR count). The molecule has 1 aliphatic heterocycles. The maximum Gasteiger partial charge on any atom is 0.227 e. The molecule has 4 heteroatoms. The number of halogens is 1. The minimum Gasteiger partial charge on any atom is -0.358 e. The molecule has 122 valence electrons. The van der Waals surface area contributed by atoms with E-state index in [9.17, 15) is 4.79 Å². The molecule has 1 aromatic heterocycles. The molecule has 0 unspecified atom stereocenters. The summed E-state index contributed by atoms with van der Waals surface area (Å²) < 4.78 is 0. The van der Waals surface area contributed by atoms with Crippen molar-refractivity contribution in [3.8, 4) is 0 Å². The molecule has 24 heavy (non-hydrogen) atoms. The molecule has 0 fully saturated rings. The third-order valence-corrected chi connectivity index (χ3v) is 4.96. The zero-order valence-electron chi connectivity index (χ0n) is 13.6. The van der Waals surface area contributed by atoms with Gasteiger partial charge in [-0.3, -0.25) is 4.79 Å². The van der Waals surface area contributed by atoms with Crippen LogP contribution >= 0.6 is 11.6 Å². The van der Waals surface area contributed by atoms with Crippen LogP contribution in [0, 0.1) is 6.92 Å². The quantitative estimate of drug-likeness (QED) is 0.744. The second-order valence-electron chi connectivity index (χ2n) is 6.50. The number of nitrogens with zero attached hydrogens (tertiary/aromatic N) is 1. The summed E-state index contributed by atoms with van der Waals surface area (Å²) >= 11 is 6.08. The number of H-pyrrole nitrogens is 1. The first-order valence-electron chi connectivity index (χ1n) is 8.22. The van der Waals surface area contributed by atoms with Crippen molar-refractivity contribution >= 4 is 28.4 Å². The van der Waals surface area contributed by atoms with Gasteiger partial charge in [0, 0.05) is 46.7 Å². The highest BCUT2D eigenvalue weighted by Crippen LogP contribution is 2.29. The Balaban J connectivity index is 1.57. The van der Waals surface area contributed by atoms with E-state index in [1.807, 2.05) is 35.2 Å². The van der Waals surface area contributed by atoms with Gasteiger partial charge in [-0.1, -0.05) is 47.5 Å². The minimum atomic E-state index is 0.189. The molecule has 0 radical (unpaired) electrons. The third kappa shape index (κ3) is 2.80. The second-order valence-corrected chi connectivity index (χ2v) is 6.94. The average molecular weight is 339 g/mol. The predicted octanol–water partition coefficient (Wildman–Crippen LogP) is 4.26. The van der Waals surface area contributed by atoms with E-state index >= 15 is 0 Å². The summed E-state index contributed by atoms with van der Waals surface area (Å²) in [6.07, 6.45) is 1.33. The molecular formula is C20H19ClN2O. The Labute approximate surface area is 146 Å². The van der Waals surface area contributed by atoms with E-state index in [0.29, 0.717) is 13.0 Å². The van der Waals surface area contributed by atoms with Crippen molar-refractivity contribution in [3.63, 3.8) is 0 Å². The van der Waals surface area contributed by atoms with Crippen LogP contribution in [0.2, 0.25) is 5.02 Å². The number of fused-ring (bicyclic) bond motifs is 3. The van der Waals surface area contributed by atoms with E-state index in [4.69, 9.17) is 11.6 Å². The van der Waals surface area contributed by atoms with Crippen molar-refractivity contribution in [1.82, 2.24) is 9.88 Å². The van der Waals surface area contributed by atoms with Crippen LogP contribution in [0.5, 0.6) is 0 Å². The van der Waals surface area contributed by atoms with Crippen molar-refractivity contribution in [2.75, 3.05) is 6.54 Å². The van der Waals surface area contributed by atoms with E-state index in [2.05, 4.69) is 24.0 Å². The fraction of sp³-hybridized carbons (Fsp3) is 0.250. The second kappa shape index (κ2) is 5.99. The standard InChI is InChI=1S/C20H19ClN2O/c1-13-3-2-4-14(9-13)10-20(24)23-8-7-18-17(12-23)16-6-5-15(21)11-19(16)22-18/h2-6,9,11,22H,7-8,10,12H2,1H3. The zero-order chi connectivity index (χ0) is 16.7. The van der Waals surface area contributed by atoms with Gasteiger partial charge >= 0.3 is 0 Å². The summed E-state index contributed by atoms with van der Waals surface area (Å²) in [5, 5.41) is 1.90. The first kappa shape index (κ1) is 15.3. The van der Waals surface area contributed by atoms with Gasteiger partial charge < -0.3 is 9.88 Å². The van der Waals surface area contributed by atoms with Crippen LogP contribution in [0.3, 0.4) is 0 Å². The van der Waals surface area contributed by atoms with Gasteiger partial charge in [-0.2, -0.15) is 0 Å². The van der Waals surface area contributed by atoms with Gasteiger partial charge in [0.25, 0.3) is 0 Å². The Morgan fingerprint density at radius 3 is 2.96 bits per heavy atom. The van der Waals surface area contributed by atoms with Crippen LogP contribution in [0.15, 0.2) is 42.5 Å². The normalized spacial score (nSPS) is 14.0. The number of amides is 1. The largest absolute Gasteiger partial charge is 0.358 e. The van der Waals surface area contributed by atoms with Crippen molar-refractivity contribution in [1.29, 1.82) is 0 Å². The number of hydrogen-bond acceptors (Lipinski definition) is 1. The first-order valence-corrected chi connectivity index (χ1v) is 8.60. The third-order valence-electron chi connectivity index (χ3n) is 4.73. The Morgan fingerprint density at radius 1 is 1.25 bits per heavy atom. The molecule has 1 aliphatic rings. The van der Waals surface area contributed by atoms with E-state index in [1.54, 1.807) is 0 Å². The smallest absolute Gasteiger partial charge is 0.227 e. The molecule has 1 N–H and O–H groups in total. The molecule has 0 saturated heterocycles. The number of aromatic nitrogens is 1. The molecule has 2 heterocycles. The SMILES string of the molecule is Cc1cccc(CC(=O)N2CCc3[nH]c4cc(Cl)ccc4c3C2)c1. The number of benzene rings is 2. The number of carbonyl (C=O) groups excluding carboxylic acids is 1. The van der Waals surface area contributed by atoms with Crippen LogP contribution in [0.1, 0.15) is 22.4 Å². The number of rotatable bonds is 2. The molecule has 0 spiro atoms. The van der Waals surface area contributed by atoms with Gasteiger partial charge in [0.1, 0.15) is 0 Å². The minimum absolute atomic E-state index is 0.189. The molecule has 3 aromatic rings. The average Bonchev–Trinajstić information content (AvgIpc) is 2.91. The van der Waals surface area contributed by atoms with Gasteiger partial charge in [0.15, 0.2) is 0 Å². The summed E-state index contributed by atoms with van der Waals surface area (Å²) in [4.78, 5) is 18.1. The van der Waals surface area contributed by atoms with Crippen molar-refractivity contribution in [2.24, 2.45) is 0 Å².